The van der Waals surface area contributed by atoms with Crippen molar-refractivity contribution in [3.05, 3.63) is 59.7 Å². The van der Waals surface area contributed by atoms with Crippen molar-refractivity contribution in [1.29, 1.82) is 0 Å². The van der Waals surface area contributed by atoms with Gasteiger partial charge in [-0.2, -0.15) is 4.31 Å². The molecule has 2 aliphatic rings. The van der Waals surface area contributed by atoms with Gasteiger partial charge in [0.2, 0.25) is 15.9 Å². The molecule has 0 N–H and O–H groups in total. The first kappa shape index (κ1) is 25.4. The van der Waals surface area contributed by atoms with Crippen LogP contribution in [-0.4, -0.2) is 62.5 Å². The molecule has 8 heteroatoms. The second-order valence-electron chi connectivity index (χ2n) is 9.67. The summed E-state index contributed by atoms with van der Waals surface area (Å²) in [4.78, 5) is 28.9. The van der Waals surface area contributed by atoms with Crippen LogP contribution in [0.3, 0.4) is 0 Å². The van der Waals surface area contributed by atoms with E-state index in [1.807, 2.05) is 7.05 Å². The molecule has 2 fully saturated rings. The summed E-state index contributed by atoms with van der Waals surface area (Å²) in [5.74, 6) is -0.220. The lowest BCUT2D eigenvalue weighted by Crippen LogP contribution is -2.43. The van der Waals surface area contributed by atoms with Crippen LogP contribution in [0.5, 0.6) is 0 Å². The van der Waals surface area contributed by atoms with Crippen molar-refractivity contribution in [2.75, 3.05) is 38.1 Å². The number of benzene rings is 2. The molecule has 35 heavy (non-hydrogen) atoms. The Morgan fingerprint density at radius 2 is 1.49 bits per heavy atom. The van der Waals surface area contributed by atoms with E-state index in [1.165, 1.54) is 48.3 Å². The molecule has 2 saturated heterocycles. The molecule has 7 nitrogen and oxygen atoms in total. The number of ketones is 1. The maximum Gasteiger partial charge on any atom is 0.243 e. The van der Waals surface area contributed by atoms with Gasteiger partial charge in [-0.15, -0.1) is 0 Å². The predicted molar refractivity (Wildman–Crippen MR) is 137 cm³/mol. The second-order valence-corrected chi connectivity index (χ2v) is 11.6. The zero-order valence-corrected chi connectivity index (χ0v) is 21.5. The van der Waals surface area contributed by atoms with Crippen LogP contribution >= 0.6 is 0 Å². The summed E-state index contributed by atoms with van der Waals surface area (Å²) in [5.41, 5.74) is 2.82. The molecule has 0 unspecified atom stereocenters. The van der Waals surface area contributed by atoms with E-state index in [-0.39, 0.29) is 22.5 Å². The molecule has 2 aliphatic heterocycles. The van der Waals surface area contributed by atoms with Gasteiger partial charge in [-0.3, -0.25) is 9.59 Å². The molecule has 0 saturated carbocycles. The first-order chi connectivity index (χ1) is 16.8. The Labute approximate surface area is 208 Å². The van der Waals surface area contributed by atoms with Gasteiger partial charge in [0.1, 0.15) is 0 Å². The minimum atomic E-state index is -3.64. The van der Waals surface area contributed by atoms with Gasteiger partial charge in [0, 0.05) is 56.9 Å². The highest BCUT2D eigenvalue weighted by Gasteiger charge is 2.33. The molecule has 4 rings (SSSR count). The fourth-order valence-corrected chi connectivity index (χ4v) is 6.45. The van der Waals surface area contributed by atoms with Crippen molar-refractivity contribution in [2.24, 2.45) is 5.92 Å². The summed E-state index contributed by atoms with van der Waals surface area (Å²) in [7, 11) is -1.82. The summed E-state index contributed by atoms with van der Waals surface area (Å²) in [5, 5.41) is 0. The van der Waals surface area contributed by atoms with E-state index in [4.69, 9.17) is 0 Å². The molecule has 2 aromatic carbocycles. The highest BCUT2D eigenvalue weighted by atomic mass is 32.2. The number of carbonyl (C=O) groups excluding carboxylic acids is 2. The third-order valence-corrected chi connectivity index (χ3v) is 9.07. The molecule has 0 bridgehead atoms. The lowest BCUT2D eigenvalue weighted by atomic mass is 9.96. The van der Waals surface area contributed by atoms with Gasteiger partial charge < -0.3 is 9.80 Å². The Kier molecular flexibility index (Phi) is 7.91. The lowest BCUT2D eigenvalue weighted by molar-refractivity contribution is -0.135. The van der Waals surface area contributed by atoms with Crippen LogP contribution in [-0.2, 0) is 21.4 Å². The maximum absolute atomic E-state index is 13.1. The van der Waals surface area contributed by atoms with Crippen LogP contribution < -0.4 is 4.90 Å². The van der Waals surface area contributed by atoms with Gasteiger partial charge in [0.25, 0.3) is 0 Å². The highest BCUT2D eigenvalue weighted by Crippen LogP contribution is 2.26. The number of hydrogen-bond acceptors (Lipinski definition) is 5. The normalized spacial score (nSPS) is 17.8. The lowest BCUT2D eigenvalue weighted by Gasteiger charge is -2.32. The van der Waals surface area contributed by atoms with Gasteiger partial charge in [-0.25, -0.2) is 8.42 Å². The number of amides is 1. The molecule has 0 aromatic heterocycles. The zero-order valence-electron chi connectivity index (χ0n) is 20.7. The number of nitrogens with zero attached hydrogens (tertiary/aromatic N) is 3. The molecule has 2 aromatic rings. The minimum Gasteiger partial charge on any atom is -0.372 e. The highest BCUT2D eigenvalue weighted by molar-refractivity contribution is 7.89. The van der Waals surface area contributed by atoms with E-state index in [0.29, 0.717) is 38.0 Å². The molecule has 0 radical (unpaired) electrons. The van der Waals surface area contributed by atoms with Crippen molar-refractivity contribution >= 4 is 27.4 Å². The SMILES string of the molecule is CC(=O)c1ccc(S(=O)(=O)N2CCC(C(=O)N(C)Cc3ccc(N4CCCCC4)cc3)CC2)cc1. The summed E-state index contributed by atoms with van der Waals surface area (Å²) < 4.78 is 27.5. The van der Waals surface area contributed by atoms with Gasteiger partial charge in [0.05, 0.1) is 4.90 Å². The van der Waals surface area contributed by atoms with E-state index in [2.05, 4.69) is 29.2 Å². The van der Waals surface area contributed by atoms with Crippen molar-refractivity contribution < 1.29 is 18.0 Å². The van der Waals surface area contributed by atoms with Crippen molar-refractivity contribution in [3.8, 4) is 0 Å². The molecule has 1 amide bonds. The van der Waals surface area contributed by atoms with Crippen molar-refractivity contribution in [2.45, 2.75) is 50.5 Å². The first-order valence-electron chi connectivity index (χ1n) is 12.5. The van der Waals surface area contributed by atoms with Crippen LogP contribution in [0.1, 0.15) is 54.9 Å². The van der Waals surface area contributed by atoms with Crippen LogP contribution in [0.4, 0.5) is 5.69 Å². The fraction of sp³-hybridized carbons (Fsp3) is 0.481. The smallest absolute Gasteiger partial charge is 0.243 e. The molecule has 0 atom stereocenters. The van der Waals surface area contributed by atoms with Gasteiger partial charge in [-0.05, 0) is 68.9 Å². The summed E-state index contributed by atoms with van der Waals surface area (Å²) in [6, 6.07) is 14.5. The Morgan fingerprint density at radius 3 is 2.06 bits per heavy atom. The summed E-state index contributed by atoms with van der Waals surface area (Å²) >= 11 is 0. The molecule has 0 spiro atoms. The number of piperidine rings is 2. The number of anilines is 1. The Morgan fingerprint density at radius 1 is 0.886 bits per heavy atom. The topological polar surface area (TPSA) is 78.0 Å². The molecular weight excluding hydrogens is 462 g/mol. The molecule has 0 aliphatic carbocycles. The van der Waals surface area contributed by atoms with E-state index >= 15 is 0 Å². The second kappa shape index (κ2) is 10.9. The van der Waals surface area contributed by atoms with Crippen LogP contribution in [0.25, 0.3) is 0 Å². The van der Waals surface area contributed by atoms with Gasteiger partial charge >= 0.3 is 0 Å². The van der Waals surface area contributed by atoms with E-state index < -0.39 is 10.0 Å². The number of hydrogen-bond donors (Lipinski definition) is 0. The Hall–Kier alpha value is -2.71. The average molecular weight is 498 g/mol. The summed E-state index contributed by atoms with van der Waals surface area (Å²) in [6.07, 6.45) is 4.79. The van der Waals surface area contributed by atoms with E-state index in [1.54, 1.807) is 17.0 Å². The Bertz CT molecular complexity index is 1130. The third kappa shape index (κ3) is 5.93. The quantitative estimate of drug-likeness (QED) is 0.542. The largest absolute Gasteiger partial charge is 0.372 e. The van der Waals surface area contributed by atoms with Crippen molar-refractivity contribution in [1.82, 2.24) is 9.21 Å². The van der Waals surface area contributed by atoms with Crippen LogP contribution in [0, 0.1) is 5.92 Å². The third-order valence-electron chi connectivity index (χ3n) is 7.16. The van der Waals surface area contributed by atoms with Crippen LogP contribution in [0.2, 0.25) is 0 Å². The summed E-state index contributed by atoms with van der Waals surface area (Å²) in [6.45, 7) is 4.83. The monoisotopic (exact) mass is 497 g/mol. The standard InChI is InChI=1S/C27H35N3O4S/c1-21(31)23-8-12-26(13-9-23)35(33,34)30-18-14-24(15-19-30)27(32)28(2)20-22-6-10-25(11-7-22)29-16-4-3-5-17-29/h6-13,24H,3-5,14-20H2,1-2H3. The molecule has 2 heterocycles. The molecule has 188 valence electrons. The van der Waals surface area contributed by atoms with Crippen LogP contribution in [0.15, 0.2) is 53.4 Å². The minimum absolute atomic E-state index is 0.0629. The van der Waals surface area contributed by atoms with Gasteiger partial charge in [-0.1, -0.05) is 24.3 Å². The predicted octanol–water partition coefficient (Wildman–Crippen LogP) is 3.94. The zero-order chi connectivity index (χ0) is 25.0. The average Bonchev–Trinajstić information content (AvgIpc) is 2.89. The number of rotatable bonds is 7. The molecular formula is C27H35N3O4S. The van der Waals surface area contributed by atoms with Gasteiger partial charge in [0.15, 0.2) is 5.78 Å². The van der Waals surface area contributed by atoms with E-state index in [0.717, 1.165) is 18.7 Å². The maximum atomic E-state index is 13.1. The Balaban J connectivity index is 1.30. The number of Topliss-reactive ketones (excluding diaryl/α,β-unsaturated/α-hetero) is 1. The number of carbonyl (C=O) groups is 2. The van der Waals surface area contributed by atoms with Crippen molar-refractivity contribution in [3.63, 3.8) is 0 Å². The van der Waals surface area contributed by atoms with E-state index in [9.17, 15) is 18.0 Å². The number of sulfonamides is 1. The first-order valence-corrected chi connectivity index (χ1v) is 13.9. The fourth-order valence-electron chi connectivity index (χ4n) is 4.98.